The van der Waals surface area contributed by atoms with Crippen LogP contribution in [0.3, 0.4) is 0 Å². The third-order valence-electron chi connectivity index (χ3n) is 2.69. The Morgan fingerprint density at radius 2 is 2.39 bits per heavy atom. The molecule has 0 atom stereocenters. The number of aromatic nitrogens is 2. The van der Waals surface area contributed by atoms with E-state index in [0.717, 1.165) is 4.88 Å². The minimum absolute atomic E-state index is 0.0970. The number of nitrogens with two attached hydrogens (primary N) is 1. The van der Waals surface area contributed by atoms with E-state index >= 15 is 0 Å². The van der Waals surface area contributed by atoms with Crippen LogP contribution in [0.5, 0.6) is 0 Å². The van der Waals surface area contributed by atoms with Crippen LogP contribution in [-0.4, -0.2) is 27.6 Å². The van der Waals surface area contributed by atoms with E-state index in [1.54, 1.807) is 28.0 Å². The van der Waals surface area contributed by atoms with Crippen LogP contribution in [0, 0.1) is 0 Å². The number of thiophene rings is 1. The largest absolute Gasteiger partial charge is 0.396 e. The zero-order valence-corrected chi connectivity index (χ0v) is 11.3. The third kappa shape index (κ3) is 2.38. The van der Waals surface area contributed by atoms with Crippen LogP contribution in [0.1, 0.15) is 22.3 Å². The molecule has 2 heterocycles. The van der Waals surface area contributed by atoms with Crippen LogP contribution in [0.4, 0.5) is 5.69 Å². The number of nitrogens with zero attached hydrogens (tertiary/aromatic N) is 3. The summed E-state index contributed by atoms with van der Waals surface area (Å²) in [5.41, 5.74) is 6.70. The van der Waals surface area contributed by atoms with Gasteiger partial charge in [-0.3, -0.25) is 9.48 Å². The molecule has 0 radical (unpaired) electrons. The van der Waals surface area contributed by atoms with Crippen LogP contribution in [0.25, 0.3) is 0 Å². The molecule has 0 aliphatic rings. The minimum Gasteiger partial charge on any atom is -0.396 e. The first kappa shape index (κ1) is 12.6. The molecule has 2 rings (SSSR count). The maximum absolute atomic E-state index is 12.3. The van der Waals surface area contributed by atoms with Crippen molar-refractivity contribution >= 4 is 22.9 Å². The van der Waals surface area contributed by atoms with E-state index in [2.05, 4.69) is 5.10 Å². The number of aryl methyl sites for hydroxylation is 1. The lowest BCUT2D eigenvalue weighted by Gasteiger charge is -2.17. The summed E-state index contributed by atoms with van der Waals surface area (Å²) in [6, 6.07) is 3.98. The highest BCUT2D eigenvalue weighted by Crippen LogP contribution is 2.16. The topological polar surface area (TPSA) is 64.2 Å². The molecule has 0 bridgehead atoms. The molecule has 0 spiro atoms. The highest BCUT2D eigenvalue weighted by atomic mass is 32.1. The molecule has 0 aliphatic heterocycles. The minimum atomic E-state index is -0.0970. The molecule has 0 aromatic carbocycles. The Morgan fingerprint density at radius 1 is 1.61 bits per heavy atom. The van der Waals surface area contributed by atoms with Crippen molar-refractivity contribution in [1.82, 2.24) is 14.7 Å². The van der Waals surface area contributed by atoms with Crippen LogP contribution in [0.2, 0.25) is 0 Å². The molecule has 2 aromatic heterocycles. The number of nitrogen functional groups attached to an aromatic ring is 1. The Kier molecular flexibility index (Phi) is 3.66. The molecular weight excluding hydrogens is 248 g/mol. The van der Waals surface area contributed by atoms with Gasteiger partial charge in [0.25, 0.3) is 5.91 Å². The summed E-state index contributed by atoms with van der Waals surface area (Å²) in [7, 11) is 1.77. The van der Waals surface area contributed by atoms with Crippen LogP contribution >= 0.6 is 11.3 Å². The lowest BCUT2D eigenvalue weighted by molar-refractivity contribution is 0.0775. The van der Waals surface area contributed by atoms with Crippen molar-refractivity contribution < 1.29 is 4.79 Å². The van der Waals surface area contributed by atoms with E-state index in [-0.39, 0.29) is 5.91 Å². The van der Waals surface area contributed by atoms with Gasteiger partial charge < -0.3 is 10.6 Å². The van der Waals surface area contributed by atoms with E-state index in [0.29, 0.717) is 24.5 Å². The highest BCUT2D eigenvalue weighted by Gasteiger charge is 2.20. The summed E-state index contributed by atoms with van der Waals surface area (Å²) in [5.74, 6) is -0.0970. The Morgan fingerprint density at radius 3 is 3.00 bits per heavy atom. The van der Waals surface area contributed by atoms with Crippen molar-refractivity contribution in [2.45, 2.75) is 20.0 Å². The highest BCUT2D eigenvalue weighted by molar-refractivity contribution is 7.09. The Hall–Kier alpha value is -1.82. The van der Waals surface area contributed by atoms with Gasteiger partial charge in [-0.15, -0.1) is 11.3 Å². The number of carbonyl (C=O) groups excluding carboxylic acids is 1. The van der Waals surface area contributed by atoms with E-state index in [4.69, 9.17) is 5.73 Å². The third-order valence-corrected chi connectivity index (χ3v) is 3.55. The number of anilines is 1. The summed E-state index contributed by atoms with van der Waals surface area (Å²) in [4.78, 5) is 15.1. The molecule has 18 heavy (non-hydrogen) atoms. The molecule has 0 fully saturated rings. The number of hydrogen-bond donors (Lipinski definition) is 1. The van der Waals surface area contributed by atoms with Crippen molar-refractivity contribution in [3.63, 3.8) is 0 Å². The summed E-state index contributed by atoms with van der Waals surface area (Å²) >= 11 is 1.63. The number of rotatable bonds is 4. The SMILES string of the molecule is CCn1ncc(N)c1C(=O)N(C)Cc1cccs1. The molecule has 2 N–H and O–H groups in total. The predicted octanol–water partition coefficient (Wildman–Crippen LogP) is 1.82. The van der Waals surface area contributed by atoms with Gasteiger partial charge in [0.15, 0.2) is 0 Å². The normalized spacial score (nSPS) is 10.6. The van der Waals surface area contributed by atoms with Gasteiger partial charge in [0.2, 0.25) is 0 Å². The van der Waals surface area contributed by atoms with Gasteiger partial charge >= 0.3 is 0 Å². The zero-order valence-electron chi connectivity index (χ0n) is 10.5. The molecule has 0 saturated carbocycles. The average molecular weight is 264 g/mol. The molecule has 6 heteroatoms. The van der Waals surface area contributed by atoms with Crippen molar-refractivity contribution in [2.24, 2.45) is 0 Å². The molecular formula is C12H16N4OS. The Bertz CT molecular complexity index is 532. The van der Waals surface area contributed by atoms with Crippen molar-refractivity contribution in [1.29, 1.82) is 0 Å². The quantitative estimate of drug-likeness (QED) is 0.916. The van der Waals surface area contributed by atoms with Crippen LogP contribution in [-0.2, 0) is 13.1 Å². The molecule has 5 nitrogen and oxygen atoms in total. The van der Waals surface area contributed by atoms with Gasteiger partial charge in [-0.2, -0.15) is 5.10 Å². The van der Waals surface area contributed by atoms with E-state index < -0.39 is 0 Å². The second kappa shape index (κ2) is 5.22. The predicted molar refractivity (Wildman–Crippen MR) is 72.4 cm³/mol. The van der Waals surface area contributed by atoms with Gasteiger partial charge in [0, 0.05) is 18.5 Å². The first-order valence-corrected chi connectivity index (χ1v) is 6.60. The smallest absolute Gasteiger partial charge is 0.274 e. The lowest BCUT2D eigenvalue weighted by atomic mass is 10.3. The van der Waals surface area contributed by atoms with Crippen molar-refractivity contribution in [2.75, 3.05) is 12.8 Å². The first-order chi connectivity index (χ1) is 8.63. The molecule has 1 amide bonds. The average Bonchev–Trinajstić information content (AvgIpc) is 2.97. The van der Waals surface area contributed by atoms with Crippen molar-refractivity contribution in [3.05, 3.63) is 34.3 Å². The zero-order chi connectivity index (χ0) is 13.1. The van der Waals surface area contributed by atoms with Gasteiger partial charge in [-0.05, 0) is 18.4 Å². The maximum atomic E-state index is 12.3. The second-order valence-corrected chi connectivity index (χ2v) is 5.04. The number of hydrogen-bond acceptors (Lipinski definition) is 4. The van der Waals surface area contributed by atoms with Crippen molar-refractivity contribution in [3.8, 4) is 0 Å². The fraction of sp³-hybridized carbons (Fsp3) is 0.333. The Balaban J connectivity index is 2.17. The second-order valence-electron chi connectivity index (χ2n) is 4.00. The summed E-state index contributed by atoms with van der Waals surface area (Å²) in [6.07, 6.45) is 1.52. The van der Waals surface area contributed by atoms with E-state index in [1.807, 2.05) is 24.4 Å². The standard InChI is InChI=1S/C12H16N4OS/c1-3-16-11(10(13)7-14-16)12(17)15(2)8-9-5-4-6-18-9/h4-7H,3,8,13H2,1-2H3. The van der Waals surface area contributed by atoms with Gasteiger partial charge in [0.05, 0.1) is 18.4 Å². The maximum Gasteiger partial charge on any atom is 0.274 e. The Labute approximate surface area is 110 Å². The van der Waals surface area contributed by atoms with Crippen LogP contribution in [0.15, 0.2) is 23.7 Å². The summed E-state index contributed by atoms with van der Waals surface area (Å²) in [5, 5.41) is 6.08. The monoisotopic (exact) mass is 264 g/mol. The fourth-order valence-corrected chi connectivity index (χ4v) is 2.52. The van der Waals surface area contributed by atoms with Gasteiger partial charge in [-0.1, -0.05) is 6.07 Å². The molecule has 0 saturated heterocycles. The number of amides is 1. The molecule has 2 aromatic rings. The summed E-state index contributed by atoms with van der Waals surface area (Å²) < 4.78 is 1.63. The molecule has 96 valence electrons. The first-order valence-electron chi connectivity index (χ1n) is 5.72. The summed E-state index contributed by atoms with van der Waals surface area (Å²) in [6.45, 7) is 3.15. The fourth-order valence-electron chi connectivity index (χ4n) is 1.76. The van der Waals surface area contributed by atoms with Crippen LogP contribution < -0.4 is 5.73 Å². The molecule has 0 unspecified atom stereocenters. The van der Waals surface area contributed by atoms with E-state index in [9.17, 15) is 4.79 Å². The molecule has 0 aliphatic carbocycles. The lowest BCUT2D eigenvalue weighted by Crippen LogP contribution is -2.28. The van der Waals surface area contributed by atoms with Gasteiger partial charge in [-0.25, -0.2) is 0 Å². The van der Waals surface area contributed by atoms with E-state index in [1.165, 1.54) is 6.20 Å². The number of carbonyl (C=O) groups is 1. The van der Waals surface area contributed by atoms with Gasteiger partial charge in [0.1, 0.15) is 5.69 Å².